The van der Waals surface area contributed by atoms with Crippen LogP contribution < -0.4 is 21.5 Å². The number of benzene rings is 2. The van der Waals surface area contributed by atoms with E-state index in [0.29, 0.717) is 24.3 Å². The Morgan fingerprint density at radius 1 is 1.21 bits per heavy atom. The molecule has 1 saturated heterocycles. The van der Waals surface area contributed by atoms with Crippen LogP contribution in [0.2, 0.25) is 5.02 Å². The molecule has 2 amide bonds. The number of ether oxygens (including phenoxy) is 1. The monoisotopic (exact) mass is 487 g/mol. The van der Waals surface area contributed by atoms with E-state index in [-0.39, 0.29) is 34.2 Å². The van der Waals surface area contributed by atoms with Crippen molar-refractivity contribution in [1.29, 1.82) is 0 Å². The minimum absolute atomic E-state index is 0.0127. The molecule has 1 fully saturated rings. The second-order valence-corrected chi connectivity index (χ2v) is 8.50. The maximum Gasteiger partial charge on any atom is 0.321 e. The van der Waals surface area contributed by atoms with Crippen LogP contribution in [-0.2, 0) is 0 Å². The number of rotatable bonds is 5. The first-order valence-corrected chi connectivity index (χ1v) is 11.1. The Kier molecular flexibility index (Phi) is 6.85. The second kappa shape index (κ2) is 9.82. The molecule has 10 heteroatoms. The van der Waals surface area contributed by atoms with Gasteiger partial charge in [0.1, 0.15) is 17.7 Å². The molecule has 1 aliphatic rings. The molecule has 34 heavy (non-hydrogen) atoms. The summed E-state index contributed by atoms with van der Waals surface area (Å²) in [6, 6.07) is 10.6. The maximum absolute atomic E-state index is 14.3. The zero-order valence-electron chi connectivity index (χ0n) is 18.4. The number of likely N-dealkylation sites (tertiary alicyclic amines) is 1. The molecule has 0 saturated carbocycles. The molecule has 0 radical (unpaired) electrons. The van der Waals surface area contributed by atoms with Crippen molar-refractivity contribution in [3.8, 4) is 16.9 Å². The number of amides is 2. The molecule has 1 aliphatic heterocycles. The lowest BCUT2D eigenvalue weighted by Crippen LogP contribution is -2.35. The molecule has 7 nitrogen and oxygen atoms in total. The predicted molar refractivity (Wildman–Crippen MR) is 128 cm³/mol. The van der Waals surface area contributed by atoms with Gasteiger partial charge in [0.25, 0.3) is 0 Å². The van der Waals surface area contributed by atoms with Crippen molar-refractivity contribution in [3.63, 3.8) is 0 Å². The van der Waals surface area contributed by atoms with E-state index in [2.05, 4.69) is 10.3 Å². The first-order valence-electron chi connectivity index (χ1n) is 10.7. The van der Waals surface area contributed by atoms with Gasteiger partial charge in [-0.05, 0) is 49.2 Å². The standard InChI is InChI=1S/C24H24ClF2N5O2/c1-13(21-18(26)6-7-19(27)22(21)25)34-20-10-15(11-30-23(20)29)14-2-4-17(5-3-14)31-24(33)32-9-8-16(28)12-32/h2-7,10-11,13,16H,8-9,12,28H2,1H3,(H2,29,30)(H,31,33)/t13-,16?/m1/s1. The molecule has 2 heterocycles. The Labute approximate surface area is 200 Å². The van der Waals surface area contributed by atoms with Gasteiger partial charge >= 0.3 is 6.03 Å². The molecule has 3 aromatic rings. The summed E-state index contributed by atoms with van der Waals surface area (Å²) >= 11 is 5.94. The van der Waals surface area contributed by atoms with Gasteiger partial charge in [0.2, 0.25) is 0 Å². The fourth-order valence-corrected chi connectivity index (χ4v) is 4.10. The van der Waals surface area contributed by atoms with Crippen LogP contribution in [-0.4, -0.2) is 35.0 Å². The van der Waals surface area contributed by atoms with Crippen LogP contribution in [0.5, 0.6) is 5.75 Å². The quantitative estimate of drug-likeness (QED) is 0.441. The van der Waals surface area contributed by atoms with Gasteiger partial charge in [0.15, 0.2) is 11.6 Å². The normalized spacial score (nSPS) is 16.4. The van der Waals surface area contributed by atoms with Gasteiger partial charge in [-0.2, -0.15) is 0 Å². The summed E-state index contributed by atoms with van der Waals surface area (Å²) < 4.78 is 33.9. The van der Waals surface area contributed by atoms with Gasteiger partial charge < -0.3 is 26.4 Å². The van der Waals surface area contributed by atoms with Crippen LogP contribution in [0.1, 0.15) is 25.0 Å². The lowest BCUT2D eigenvalue weighted by Gasteiger charge is -2.19. The molecule has 2 aromatic carbocycles. The minimum atomic E-state index is -0.918. The maximum atomic E-state index is 14.3. The molecule has 178 valence electrons. The predicted octanol–water partition coefficient (Wildman–Crippen LogP) is 4.97. The topological polar surface area (TPSA) is 106 Å². The smallest absolute Gasteiger partial charge is 0.321 e. The van der Waals surface area contributed by atoms with Crippen molar-refractivity contribution in [2.24, 2.45) is 5.73 Å². The third-order valence-corrected chi connectivity index (χ3v) is 6.04. The molecule has 0 bridgehead atoms. The summed E-state index contributed by atoms with van der Waals surface area (Å²) in [6.07, 6.45) is 1.44. The Morgan fingerprint density at radius 3 is 2.59 bits per heavy atom. The van der Waals surface area contributed by atoms with Crippen LogP contribution >= 0.6 is 11.6 Å². The molecule has 0 spiro atoms. The largest absolute Gasteiger partial charge is 0.482 e. The lowest BCUT2D eigenvalue weighted by molar-refractivity contribution is 0.221. The molecular weight excluding hydrogens is 464 g/mol. The number of hydrogen-bond donors (Lipinski definition) is 3. The number of pyridine rings is 1. The third-order valence-electron chi connectivity index (χ3n) is 5.65. The third kappa shape index (κ3) is 5.05. The van der Waals surface area contributed by atoms with Crippen LogP contribution in [0.3, 0.4) is 0 Å². The number of nitrogens with one attached hydrogen (secondary N) is 1. The van der Waals surface area contributed by atoms with Crippen molar-refractivity contribution in [3.05, 3.63) is 70.9 Å². The zero-order chi connectivity index (χ0) is 24.4. The SMILES string of the molecule is C[C@@H](Oc1cc(-c2ccc(NC(=O)N3CCC(N)C3)cc2)cnc1N)c1c(F)ccc(F)c1Cl. The number of carbonyl (C=O) groups excluding carboxylic acids is 1. The first kappa shape index (κ1) is 23.7. The summed E-state index contributed by atoms with van der Waals surface area (Å²) in [7, 11) is 0. The number of hydrogen-bond acceptors (Lipinski definition) is 5. The summed E-state index contributed by atoms with van der Waals surface area (Å²) in [6.45, 7) is 2.71. The number of urea groups is 1. The fourth-order valence-electron chi connectivity index (χ4n) is 3.79. The Hall–Kier alpha value is -3.43. The highest BCUT2D eigenvalue weighted by Gasteiger charge is 2.24. The van der Waals surface area contributed by atoms with Crippen molar-refractivity contribution < 1.29 is 18.3 Å². The van der Waals surface area contributed by atoms with Crippen LogP contribution in [0.4, 0.5) is 25.1 Å². The van der Waals surface area contributed by atoms with Crippen LogP contribution in [0, 0.1) is 11.6 Å². The number of nitrogen functional groups attached to an aromatic ring is 1. The highest BCUT2D eigenvalue weighted by Crippen LogP contribution is 2.35. The van der Waals surface area contributed by atoms with Crippen LogP contribution in [0.15, 0.2) is 48.7 Å². The Morgan fingerprint density at radius 2 is 1.91 bits per heavy atom. The average molecular weight is 488 g/mol. The highest BCUT2D eigenvalue weighted by atomic mass is 35.5. The molecule has 5 N–H and O–H groups in total. The van der Waals surface area contributed by atoms with E-state index >= 15 is 0 Å². The van der Waals surface area contributed by atoms with E-state index in [4.69, 9.17) is 27.8 Å². The number of anilines is 2. The fraction of sp³-hybridized carbons (Fsp3) is 0.250. The summed E-state index contributed by atoms with van der Waals surface area (Å²) in [4.78, 5) is 18.2. The van der Waals surface area contributed by atoms with E-state index in [9.17, 15) is 13.6 Å². The Bertz CT molecular complexity index is 1210. The van der Waals surface area contributed by atoms with E-state index in [1.54, 1.807) is 36.2 Å². The molecule has 1 aromatic heterocycles. The zero-order valence-corrected chi connectivity index (χ0v) is 19.2. The minimum Gasteiger partial charge on any atom is -0.482 e. The number of halogens is 3. The first-order chi connectivity index (χ1) is 16.2. The number of nitrogens with two attached hydrogens (primary N) is 2. The van der Waals surface area contributed by atoms with Gasteiger partial charge in [-0.15, -0.1) is 0 Å². The van der Waals surface area contributed by atoms with Gasteiger partial charge in [-0.3, -0.25) is 0 Å². The van der Waals surface area contributed by atoms with E-state index in [0.717, 1.165) is 24.1 Å². The molecule has 4 rings (SSSR count). The number of nitrogens with zero attached hydrogens (tertiary/aromatic N) is 2. The average Bonchev–Trinajstić information content (AvgIpc) is 3.25. The van der Waals surface area contributed by atoms with Crippen molar-refractivity contribution in [1.82, 2.24) is 9.88 Å². The van der Waals surface area contributed by atoms with Gasteiger partial charge in [0, 0.05) is 42.1 Å². The van der Waals surface area contributed by atoms with Gasteiger partial charge in [-0.1, -0.05) is 23.7 Å². The van der Waals surface area contributed by atoms with Gasteiger partial charge in [-0.25, -0.2) is 18.6 Å². The van der Waals surface area contributed by atoms with E-state index in [1.807, 2.05) is 12.1 Å². The summed E-state index contributed by atoms with van der Waals surface area (Å²) in [5, 5.41) is 2.51. The Balaban J connectivity index is 1.50. The molecular formula is C24H24ClF2N5O2. The van der Waals surface area contributed by atoms with Crippen molar-refractivity contribution >= 4 is 29.1 Å². The number of aromatic nitrogens is 1. The number of carbonyl (C=O) groups is 1. The second-order valence-electron chi connectivity index (χ2n) is 8.13. The highest BCUT2D eigenvalue weighted by molar-refractivity contribution is 6.31. The molecule has 1 unspecified atom stereocenters. The van der Waals surface area contributed by atoms with Gasteiger partial charge in [0.05, 0.1) is 5.02 Å². The van der Waals surface area contributed by atoms with Crippen molar-refractivity contribution in [2.75, 3.05) is 24.1 Å². The van der Waals surface area contributed by atoms with E-state index in [1.165, 1.54) is 0 Å². The summed E-state index contributed by atoms with van der Waals surface area (Å²) in [5.74, 6) is -1.13. The van der Waals surface area contributed by atoms with Crippen molar-refractivity contribution in [2.45, 2.75) is 25.5 Å². The lowest BCUT2D eigenvalue weighted by atomic mass is 10.1. The molecule has 2 atom stereocenters. The van der Waals surface area contributed by atoms with E-state index < -0.39 is 17.7 Å². The summed E-state index contributed by atoms with van der Waals surface area (Å²) in [5.41, 5.74) is 13.8. The molecule has 0 aliphatic carbocycles. The van der Waals surface area contributed by atoms with Crippen LogP contribution in [0.25, 0.3) is 11.1 Å².